The molecule has 7 nitrogen and oxygen atoms in total. The monoisotopic (exact) mass is 471 g/mol. The molecular weight excluding hydrogens is 446 g/mol. The summed E-state index contributed by atoms with van der Waals surface area (Å²) in [4.78, 5) is 19.7. The summed E-state index contributed by atoms with van der Waals surface area (Å²) in [5, 5.41) is 9.96. The summed E-state index contributed by atoms with van der Waals surface area (Å²) in [5.41, 5.74) is 9.05. The van der Waals surface area contributed by atoms with Gasteiger partial charge in [-0.05, 0) is 79.5 Å². The van der Waals surface area contributed by atoms with Crippen LogP contribution in [0.3, 0.4) is 0 Å². The normalized spacial score (nSPS) is 14.2. The van der Waals surface area contributed by atoms with Crippen LogP contribution in [-0.4, -0.2) is 48.1 Å². The van der Waals surface area contributed by atoms with E-state index < -0.39 is 0 Å². The molecule has 1 aliphatic heterocycles. The molecule has 0 radical (unpaired) electrons. The number of fused-ring (bicyclic) bond motifs is 2. The number of pyridine rings is 3. The van der Waals surface area contributed by atoms with Crippen LogP contribution in [-0.2, 0) is 6.54 Å². The SMILES string of the molecule is c1ccc(-c2nccc3[nH]c(-c4n[nH]c5ccc(-c6cncc(CN7CCCC7)c6)cc45)cc23)nc1. The summed E-state index contributed by atoms with van der Waals surface area (Å²) in [7, 11) is 0. The predicted octanol–water partition coefficient (Wildman–Crippen LogP) is 5.83. The maximum Gasteiger partial charge on any atom is 0.116 e. The van der Waals surface area contributed by atoms with E-state index in [2.05, 4.69) is 65.4 Å². The summed E-state index contributed by atoms with van der Waals surface area (Å²) in [6.45, 7) is 3.31. The highest BCUT2D eigenvalue weighted by Crippen LogP contribution is 2.34. The van der Waals surface area contributed by atoms with Gasteiger partial charge >= 0.3 is 0 Å². The number of aromatic amines is 2. The first-order chi connectivity index (χ1) is 17.8. The van der Waals surface area contributed by atoms with Crippen molar-refractivity contribution in [2.45, 2.75) is 19.4 Å². The molecule has 1 aromatic carbocycles. The van der Waals surface area contributed by atoms with Gasteiger partial charge in [-0.25, -0.2) is 0 Å². The van der Waals surface area contributed by atoms with Crippen molar-refractivity contribution in [1.82, 2.24) is 35.0 Å². The van der Waals surface area contributed by atoms with E-state index in [1.807, 2.05) is 42.9 Å². The largest absolute Gasteiger partial charge is 0.353 e. The van der Waals surface area contributed by atoms with Crippen LogP contribution in [0.5, 0.6) is 0 Å². The zero-order valence-corrected chi connectivity index (χ0v) is 19.8. The quantitative estimate of drug-likeness (QED) is 0.331. The molecule has 36 heavy (non-hydrogen) atoms. The molecule has 6 aromatic rings. The van der Waals surface area contributed by atoms with E-state index in [0.717, 1.165) is 62.3 Å². The number of likely N-dealkylation sites (tertiary alicyclic amines) is 1. The van der Waals surface area contributed by atoms with Gasteiger partial charge in [0.25, 0.3) is 0 Å². The molecule has 5 aromatic heterocycles. The minimum atomic E-state index is 0.851. The van der Waals surface area contributed by atoms with Crippen molar-refractivity contribution in [2.75, 3.05) is 13.1 Å². The van der Waals surface area contributed by atoms with Crippen molar-refractivity contribution in [1.29, 1.82) is 0 Å². The van der Waals surface area contributed by atoms with E-state index in [1.54, 1.807) is 6.20 Å². The average Bonchev–Trinajstić information content (AvgIpc) is 3.68. The summed E-state index contributed by atoms with van der Waals surface area (Å²) in [5.74, 6) is 0. The summed E-state index contributed by atoms with van der Waals surface area (Å²) >= 11 is 0. The lowest BCUT2D eigenvalue weighted by Gasteiger charge is -2.14. The number of nitrogens with zero attached hydrogens (tertiary/aromatic N) is 5. The lowest BCUT2D eigenvalue weighted by molar-refractivity contribution is 0.331. The molecule has 0 atom stereocenters. The van der Waals surface area contributed by atoms with Gasteiger partial charge in [-0.1, -0.05) is 12.1 Å². The highest BCUT2D eigenvalue weighted by atomic mass is 15.1. The second-order valence-electron chi connectivity index (χ2n) is 9.42. The first kappa shape index (κ1) is 21.0. The first-order valence-corrected chi connectivity index (χ1v) is 12.4. The van der Waals surface area contributed by atoms with Crippen molar-refractivity contribution < 1.29 is 0 Å². The number of nitrogens with one attached hydrogen (secondary N) is 2. The molecule has 0 saturated carbocycles. The number of hydrogen-bond acceptors (Lipinski definition) is 5. The van der Waals surface area contributed by atoms with Crippen molar-refractivity contribution in [3.63, 3.8) is 0 Å². The first-order valence-electron chi connectivity index (χ1n) is 12.4. The Morgan fingerprint density at radius 1 is 0.778 bits per heavy atom. The Bertz CT molecular complexity index is 1680. The molecule has 0 spiro atoms. The molecular formula is C29H25N7. The van der Waals surface area contributed by atoms with Crippen LogP contribution in [0.1, 0.15) is 18.4 Å². The van der Waals surface area contributed by atoms with E-state index in [1.165, 1.54) is 31.5 Å². The minimum Gasteiger partial charge on any atom is -0.353 e. The summed E-state index contributed by atoms with van der Waals surface area (Å²) in [6, 6.07) is 18.7. The Hall–Kier alpha value is -4.36. The maximum absolute atomic E-state index is 4.67. The summed E-state index contributed by atoms with van der Waals surface area (Å²) in [6.07, 6.45) is 10.1. The Kier molecular flexibility index (Phi) is 5.06. The van der Waals surface area contributed by atoms with Crippen LogP contribution >= 0.6 is 0 Å². The predicted molar refractivity (Wildman–Crippen MR) is 142 cm³/mol. The van der Waals surface area contributed by atoms with Crippen LogP contribution in [0, 0.1) is 0 Å². The molecule has 1 fully saturated rings. The smallest absolute Gasteiger partial charge is 0.116 e. The van der Waals surface area contributed by atoms with Gasteiger partial charge < -0.3 is 4.98 Å². The van der Waals surface area contributed by atoms with Crippen LogP contribution in [0.2, 0.25) is 0 Å². The van der Waals surface area contributed by atoms with Crippen molar-refractivity contribution in [2.24, 2.45) is 0 Å². The number of rotatable bonds is 5. The van der Waals surface area contributed by atoms with Crippen LogP contribution in [0.4, 0.5) is 0 Å². The third-order valence-corrected chi connectivity index (χ3v) is 7.01. The third-order valence-electron chi connectivity index (χ3n) is 7.01. The Morgan fingerprint density at radius 2 is 1.69 bits per heavy atom. The molecule has 7 heteroatoms. The van der Waals surface area contributed by atoms with Crippen molar-refractivity contribution in [3.8, 4) is 33.9 Å². The van der Waals surface area contributed by atoms with Crippen molar-refractivity contribution in [3.05, 3.63) is 84.9 Å². The van der Waals surface area contributed by atoms with Gasteiger partial charge in [0.15, 0.2) is 0 Å². The number of H-pyrrole nitrogens is 2. The maximum atomic E-state index is 4.67. The van der Waals surface area contributed by atoms with Crippen LogP contribution in [0.25, 0.3) is 55.7 Å². The lowest BCUT2D eigenvalue weighted by Crippen LogP contribution is -2.18. The van der Waals surface area contributed by atoms with Crippen LogP contribution < -0.4 is 0 Å². The molecule has 2 N–H and O–H groups in total. The molecule has 6 heterocycles. The molecule has 0 amide bonds. The van der Waals surface area contributed by atoms with Gasteiger partial charge in [-0.3, -0.25) is 25.0 Å². The zero-order valence-electron chi connectivity index (χ0n) is 19.8. The van der Waals surface area contributed by atoms with Gasteiger partial charge in [-0.15, -0.1) is 0 Å². The van der Waals surface area contributed by atoms with Crippen molar-refractivity contribution >= 4 is 21.8 Å². The van der Waals surface area contributed by atoms with Gasteiger partial charge in [0.1, 0.15) is 5.69 Å². The molecule has 176 valence electrons. The third kappa shape index (κ3) is 3.74. The standard InChI is InChI=1S/C29H25N7/c1-2-9-31-26(5-1)28-23-15-27(33-24(23)8-10-32-28)29-22-14-20(6-7-25(22)34-35-29)21-13-19(16-30-17-21)18-36-11-3-4-12-36/h1-2,5-10,13-17,33H,3-4,11-12,18H2,(H,34,35). The van der Waals surface area contributed by atoms with E-state index >= 15 is 0 Å². The molecule has 1 aliphatic rings. The highest BCUT2D eigenvalue weighted by Gasteiger charge is 2.16. The second kappa shape index (κ2) is 8.70. The fourth-order valence-corrected chi connectivity index (χ4v) is 5.22. The van der Waals surface area contributed by atoms with Gasteiger partial charge in [0.05, 0.1) is 22.6 Å². The minimum absolute atomic E-state index is 0.851. The molecule has 0 unspecified atom stereocenters. The molecule has 7 rings (SSSR count). The lowest BCUT2D eigenvalue weighted by atomic mass is 10.0. The van der Waals surface area contributed by atoms with Gasteiger partial charge in [-0.2, -0.15) is 5.10 Å². The number of aromatic nitrogens is 6. The molecule has 1 saturated heterocycles. The van der Waals surface area contributed by atoms with E-state index in [4.69, 9.17) is 0 Å². The Labute approximate surface area is 208 Å². The second-order valence-corrected chi connectivity index (χ2v) is 9.42. The fraction of sp³-hybridized carbons (Fsp3) is 0.172. The number of hydrogen-bond donors (Lipinski definition) is 2. The van der Waals surface area contributed by atoms with Crippen LogP contribution in [0.15, 0.2) is 79.4 Å². The van der Waals surface area contributed by atoms with E-state index in [-0.39, 0.29) is 0 Å². The topological polar surface area (TPSA) is 86.4 Å². The van der Waals surface area contributed by atoms with E-state index in [9.17, 15) is 0 Å². The average molecular weight is 472 g/mol. The fourth-order valence-electron chi connectivity index (χ4n) is 5.22. The summed E-state index contributed by atoms with van der Waals surface area (Å²) < 4.78 is 0. The Balaban J connectivity index is 1.28. The molecule has 0 bridgehead atoms. The van der Waals surface area contributed by atoms with Gasteiger partial charge in [0.2, 0.25) is 0 Å². The highest BCUT2D eigenvalue weighted by molar-refractivity contribution is 6.00. The van der Waals surface area contributed by atoms with Gasteiger partial charge in [0, 0.05) is 53.2 Å². The number of benzene rings is 1. The Morgan fingerprint density at radius 3 is 2.58 bits per heavy atom. The zero-order chi connectivity index (χ0) is 23.9. The molecule has 0 aliphatic carbocycles. The van der Waals surface area contributed by atoms with E-state index in [0.29, 0.717) is 0 Å².